The fourth-order valence-corrected chi connectivity index (χ4v) is 3.50. The van der Waals surface area contributed by atoms with E-state index in [2.05, 4.69) is 25.1 Å². The normalized spacial score (nSPS) is 11.1. The van der Waals surface area contributed by atoms with Gasteiger partial charge in [0.05, 0.1) is 28.8 Å². The van der Waals surface area contributed by atoms with Gasteiger partial charge in [-0.1, -0.05) is 17.8 Å². The number of carbonyl (C=O) groups excluding carboxylic acids is 1. The number of thioether (sulfide) groups is 1. The maximum Gasteiger partial charge on any atom is 0.269 e. The first-order valence-corrected chi connectivity index (χ1v) is 9.63. The molecule has 4 rings (SSSR count). The number of rotatable bonds is 4. The average Bonchev–Trinajstić information content (AvgIpc) is 3.17. The molecule has 0 unspecified atom stereocenters. The Bertz CT molecular complexity index is 1220. The number of hydrogen-bond acceptors (Lipinski definition) is 7. The molecule has 1 aromatic carbocycles. The highest BCUT2D eigenvalue weighted by molar-refractivity contribution is 7.98. The number of pyridine rings is 1. The number of nitrogen functional groups attached to an aromatic ring is 1. The van der Waals surface area contributed by atoms with Gasteiger partial charge in [-0.15, -0.1) is 0 Å². The molecule has 140 valence electrons. The third-order valence-corrected chi connectivity index (χ3v) is 5.03. The van der Waals surface area contributed by atoms with Crippen LogP contribution in [0.1, 0.15) is 16.1 Å². The Morgan fingerprint density at radius 3 is 2.75 bits per heavy atom. The van der Waals surface area contributed by atoms with Crippen molar-refractivity contribution in [2.24, 2.45) is 5.73 Å². The van der Waals surface area contributed by atoms with Crippen LogP contribution in [0.15, 0.2) is 41.8 Å². The van der Waals surface area contributed by atoms with Gasteiger partial charge < -0.3 is 11.5 Å². The topological polar surface area (TPSA) is 136 Å². The van der Waals surface area contributed by atoms with Crippen LogP contribution in [0.3, 0.4) is 0 Å². The van der Waals surface area contributed by atoms with E-state index in [4.69, 9.17) is 11.5 Å². The lowest BCUT2D eigenvalue weighted by molar-refractivity contribution is 0.0996. The van der Waals surface area contributed by atoms with E-state index in [9.17, 15) is 4.79 Å². The molecular weight excluding hydrogens is 374 g/mol. The highest BCUT2D eigenvalue weighted by Crippen LogP contribution is 2.37. The minimum absolute atomic E-state index is 0.0108. The van der Waals surface area contributed by atoms with E-state index in [0.717, 1.165) is 22.0 Å². The summed E-state index contributed by atoms with van der Waals surface area (Å²) in [6.07, 6.45) is 5.27. The number of aromatic nitrogens is 5. The lowest BCUT2D eigenvalue weighted by Gasteiger charge is -2.14. The minimum atomic E-state index is -0.697. The number of nitrogens with one attached hydrogen (secondary N) is 1. The van der Waals surface area contributed by atoms with Crippen LogP contribution >= 0.6 is 11.8 Å². The van der Waals surface area contributed by atoms with Crippen molar-refractivity contribution in [2.45, 2.75) is 12.1 Å². The van der Waals surface area contributed by atoms with Crippen LogP contribution in [-0.4, -0.2) is 37.3 Å². The molecule has 8 nitrogen and oxygen atoms in total. The molecule has 5 N–H and O–H groups in total. The SMILES string of the molecule is CSc1nccc(-c2cc(-c3c(C)ccc4[nH]ncc34)c(N)c(C(N)=O)n2)n1. The number of benzene rings is 1. The van der Waals surface area contributed by atoms with Crippen molar-refractivity contribution in [3.05, 3.63) is 47.9 Å². The molecule has 0 spiro atoms. The predicted molar refractivity (Wildman–Crippen MR) is 110 cm³/mol. The molecule has 4 aromatic rings. The molecule has 9 heteroatoms. The van der Waals surface area contributed by atoms with Gasteiger partial charge in [0, 0.05) is 17.1 Å². The van der Waals surface area contributed by atoms with E-state index >= 15 is 0 Å². The number of anilines is 1. The number of nitrogens with zero attached hydrogens (tertiary/aromatic N) is 4. The number of aryl methyl sites for hydroxylation is 1. The van der Waals surface area contributed by atoms with Crippen LogP contribution in [0.25, 0.3) is 33.4 Å². The maximum absolute atomic E-state index is 12.0. The summed E-state index contributed by atoms with van der Waals surface area (Å²) in [5.41, 5.74) is 16.6. The molecule has 0 aliphatic heterocycles. The number of nitrogens with two attached hydrogens (primary N) is 2. The van der Waals surface area contributed by atoms with Crippen LogP contribution in [0.5, 0.6) is 0 Å². The fraction of sp³-hybridized carbons (Fsp3) is 0.105. The van der Waals surface area contributed by atoms with Gasteiger partial charge in [0.25, 0.3) is 5.91 Å². The van der Waals surface area contributed by atoms with Crippen molar-refractivity contribution in [1.82, 2.24) is 25.1 Å². The van der Waals surface area contributed by atoms with Gasteiger partial charge in [-0.25, -0.2) is 15.0 Å². The summed E-state index contributed by atoms with van der Waals surface area (Å²) in [5, 5.41) is 8.57. The van der Waals surface area contributed by atoms with Crippen molar-refractivity contribution in [1.29, 1.82) is 0 Å². The molecule has 0 atom stereocenters. The summed E-state index contributed by atoms with van der Waals surface area (Å²) >= 11 is 1.42. The van der Waals surface area contributed by atoms with E-state index in [1.54, 1.807) is 18.5 Å². The Balaban J connectivity index is 2.04. The Kier molecular flexibility index (Phi) is 4.44. The summed E-state index contributed by atoms with van der Waals surface area (Å²) in [7, 11) is 0. The second-order valence-corrected chi connectivity index (χ2v) is 6.97. The lowest BCUT2D eigenvalue weighted by Crippen LogP contribution is -2.17. The molecule has 28 heavy (non-hydrogen) atoms. The van der Waals surface area contributed by atoms with Gasteiger partial charge in [-0.2, -0.15) is 5.10 Å². The third kappa shape index (κ3) is 2.95. The summed E-state index contributed by atoms with van der Waals surface area (Å²) in [6, 6.07) is 7.47. The van der Waals surface area contributed by atoms with Crippen molar-refractivity contribution < 1.29 is 4.79 Å². The second kappa shape index (κ2) is 6.93. The van der Waals surface area contributed by atoms with Crippen molar-refractivity contribution in [3.8, 4) is 22.5 Å². The molecule has 0 aliphatic rings. The van der Waals surface area contributed by atoms with Gasteiger partial charge in [-0.05, 0) is 42.5 Å². The largest absolute Gasteiger partial charge is 0.396 e. The highest BCUT2D eigenvalue weighted by Gasteiger charge is 2.20. The van der Waals surface area contributed by atoms with E-state index in [1.165, 1.54) is 11.8 Å². The third-order valence-electron chi connectivity index (χ3n) is 4.47. The molecule has 3 heterocycles. The molecule has 0 radical (unpaired) electrons. The van der Waals surface area contributed by atoms with Crippen LogP contribution in [-0.2, 0) is 0 Å². The first kappa shape index (κ1) is 17.9. The summed E-state index contributed by atoms with van der Waals surface area (Å²) < 4.78 is 0. The molecule has 0 saturated carbocycles. The van der Waals surface area contributed by atoms with Gasteiger partial charge in [0.2, 0.25) is 0 Å². The predicted octanol–water partition coefficient (Wildman–Crippen LogP) is 2.79. The molecule has 3 aromatic heterocycles. The van der Waals surface area contributed by atoms with Crippen LogP contribution in [0, 0.1) is 6.92 Å². The highest BCUT2D eigenvalue weighted by atomic mass is 32.2. The zero-order valence-electron chi connectivity index (χ0n) is 15.2. The van der Waals surface area contributed by atoms with Crippen molar-refractivity contribution in [3.63, 3.8) is 0 Å². The summed E-state index contributed by atoms with van der Waals surface area (Å²) in [6.45, 7) is 1.97. The fourth-order valence-electron chi connectivity index (χ4n) is 3.15. The Labute approximate surface area is 164 Å². The molecule has 0 aliphatic carbocycles. The Morgan fingerprint density at radius 1 is 1.18 bits per heavy atom. The quantitative estimate of drug-likeness (QED) is 0.359. The first-order valence-electron chi connectivity index (χ1n) is 8.40. The number of primary amides is 1. The van der Waals surface area contributed by atoms with E-state index < -0.39 is 5.91 Å². The number of H-pyrrole nitrogens is 1. The number of carbonyl (C=O) groups is 1. The average molecular weight is 391 g/mol. The minimum Gasteiger partial charge on any atom is -0.396 e. The van der Waals surface area contributed by atoms with Crippen LogP contribution in [0.4, 0.5) is 5.69 Å². The van der Waals surface area contributed by atoms with Crippen molar-refractivity contribution in [2.75, 3.05) is 12.0 Å². The molecular formula is C19H17N7OS. The smallest absolute Gasteiger partial charge is 0.269 e. The maximum atomic E-state index is 12.0. The standard InChI is InChI=1S/C19H17N7OS/c1-9-3-4-12-11(8-23-26-12)15(9)10-7-14(24-17(16(10)20)18(21)27)13-5-6-22-19(25-13)28-2/h3-8H,20H2,1-2H3,(H2,21,27)(H,23,26). The number of hydrogen-bond donors (Lipinski definition) is 3. The van der Waals surface area contributed by atoms with Gasteiger partial charge >= 0.3 is 0 Å². The number of fused-ring (bicyclic) bond motifs is 1. The molecule has 1 amide bonds. The summed E-state index contributed by atoms with van der Waals surface area (Å²) in [5.74, 6) is -0.697. The van der Waals surface area contributed by atoms with E-state index in [1.807, 2.05) is 31.4 Å². The summed E-state index contributed by atoms with van der Waals surface area (Å²) in [4.78, 5) is 25.1. The molecule has 0 saturated heterocycles. The van der Waals surface area contributed by atoms with Crippen molar-refractivity contribution >= 4 is 34.3 Å². The van der Waals surface area contributed by atoms with E-state index in [-0.39, 0.29) is 11.4 Å². The monoisotopic (exact) mass is 391 g/mol. The van der Waals surface area contributed by atoms with E-state index in [0.29, 0.717) is 22.1 Å². The Hall–Kier alpha value is -3.46. The zero-order valence-corrected chi connectivity index (χ0v) is 16.0. The van der Waals surface area contributed by atoms with Gasteiger partial charge in [0.15, 0.2) is 10.9 Å². The lowest BCUT2D eigenvalue weighted by atomic mass is 9.94. The number of aromatic amines is 1. The van der Waals surface area contributed by atoms with Gasteiger partial charge in [0.1, 0.15) is 0 Å². The number of amides is 1. The second-order valence-electron chi connectivity index (χ2n) is 6.20. The molecule has 0 bridgehead atoms. The molecule has 0 fully saturated rings. The van der Waals surface area contributed by atoms with Crippen LogP contribution < -0.4 is 11.5 Å². The Morgan fingerprint density at radius 2 is 2.00 bits per heavy atom. The zero-order chi connectivity index (χ0) is 19.8. The van der Waals surface area contributed by atoms with Crippen LogP contribution in [0.2, 0.25) is 0 Å². The van der Waals surface area contributed by atoms with Gasteiger partial charge in [-0.3, -0.25) is 9.89 Å². The first-order chi connectivity index (χ1) is 13.5.